The van der Waals surface area contributed by atoms with Crippen LogP contribution in [-0.2, 0) is 5.92 Å². The van der Waals surface area contributed by atoms with E-state index < -0.39 is 41.0 Å². The second-order valence-corrected chi connectivity index (χ2v) is 11.4. The number of esters is 1. The first-order valence-electron chi connectivity index (χ1n) is 15.8. The summed E-state index contributed by atoms with van der Waals surface area (Å²) in [4.78, 5) is 14.7. The van der Waals surface area contributed by atoms with Crippen molar-refractivity contribution in [3.63, 3.8) is 0 Å². The molecule has 276 valence electrons. The second kappa shape index (κ2) is 15.0. The lowest BCUT2D eigenvalue weighted by Gasteiger charge is -2.33. The number of ether oxygens (including phenoxy) is 1. The number of carbonyl (C=O) groups is 1. The maximum Gasteiger partial charge on any atom is 0.460 e. The monoisotopic (exact) mass is 745 g/mol. The van der Waals surface area contributed by atoms with Crippen molar-refractivity contribution < 1.29 is 49.0 Å². The normalized spacial score (nSPS) is 12.9. The Kier molecular flexibility index (Phi) is 10.9. The predicted octanol–water partition coefficient (Wildman–Crippen LogP) is 12.7. The van der Waals surface area contributed by atoms with Gasteiger partial charge in [-0.25, -0.2) is 4.79 Å². The highest BCUT2D eigenvalue weighted by atomic mass is 19.4. The van der Waals surface area contributed by atoms with Gasteiger partial charge in [-0.3, -0.25) is 0 Å². The fourth-order valence-electron chi connectivity index (χ4n) is 5.13. The second-order valence-electron chi connectivity index (χ2n) is 11.4. The van der Waals surface area contributed by atoms with Crippen LogP contribution < -0.4 is 9.64 Å². The number of fused-ring (bicyclic) bond motifs is 1. The van der Waals surface area contributed by atoms with E-state index in [0.29, 0.717) is 29.2 Å². The van der Waals surface area contributed by atoms with Crippen molar-refractivity contribution >= 4 is 45.2 Å². The van der Waals surface area contributed by atoms with Crippen LogP contribution >= 0.6 is 0 Å². The molecule has 0 aliphatic rings. The Hall–Kier alpha value is -5.80. The van der Waals surface area contributed by atoms with Crippen molar-refractivity contribution in [3.8, 4) is 5.75 Å². The summed E-state index contributed by atoms with van der Waals surface area (Å²) < 4.78 is 125. The molecule has 0 radical (unpaired) electrons. The summed E-state index contributed by atoms with van der Waals surface area (Å²) in [6.45, 7) is 5.94. The lowest BCUT2D eigenvalue weighted by molar-refractivity contribution is -0.399. The molecule has 0 saturated heterocycles. The molecule has 5 aromatic carbocycles. The minimum absolute atomic E-state index is 0.0510. The molecular formula is C37H28F9N5O2. The predicted molar refractivity (Wildman–Crippen MR) is 180 cm³/mol. The molecule has 0 heterocycles. The lowest BCUT2D eigenvalue weighted by Crippen LogP contribution is -2.59. The van der Waals surface area contributed by atoms with Crippen LogP contribution in [0.2, 0.25) is 0 Å². The van der Waals surface area contributed by atoms with Gasteiger partial charge in [-0.1, -0.05) is 36.4 Å². The SMILES string of the molecule is CCN(CC)c1ccc(N=Nc2ccc(N=Nc3ccc(OC(=O)c4ccc(C(F)(F)C(F)(F)C(F)(F)C(F)(F)F)cc4)cc3)cc2)c2ccccc12. The third-order valence-corrected chi connectivity index (χ3v) is 8.06. The number of anilines is 1. The molecule has 0 aliphatic heterocycles. The van der Waals surface area contributed by atoms with Crippen molar-refractivity contribution in [1.29, 1.82) is 0 Å². The van der Waals surface area contributed by atoms with Gasteiger partial charge in [-0.15, -0.1) is 5.11 Å². The summed E-state index contributed by atoms with van der Waals surface area (Å²) in [6, 6.07) is 25.5. The third-order valence-electron chi connectivity index (χ3n) is 8.06. The van der Waals surface area contributed by atoms with Gasteiger partial charge in [0.15, 0.2) is 0 Å². The van der Waals surface area contributed by atoms with Gasteiger partial charge in [0, 0.05) is 35.1 Å². The number of hydrogen-bond acceptors (Lipinski definition) is 7. The van der Waals surface area contributed by atoms with Gasteiger partial charge in [-0.05, 0) is 86.6 Å². The number of nitrogens with zero attached hydrogens (tertiary/aromatic N) is 5. The van der Waals surface area contributed by atoms with Gasteiger partial charge in [0.1, 0.15) is 5.75 Å². The molecule has 5 aromatic rings. The van der Waals surface area contributed by atoms with Crippen molar-refractivity contribution in [1.82, 2.24) is 0 Å². The number of benzene rings is 5. The average molecular weight is 746 g/mol. The van der Waals surface area contributed by atoms with E-state index in [0.717, 1.165) is 35.2 Å². The van der Waals surface area contributed by atoms with Gasteiger partial charge in [0.2, 0.25) is 0 Å². The molecule has 16 heteroatoms. The maximum atomic E-state index is 14.2. The van der Waals surface area contributed by atoms with Crippen LogP contribution in [0, 0.1) is 0 Å². The fraction of sp³-hybridized carbons (Fsp3) is 0.216. The molecular weight excluding hydrogens is 717 g/mol. The quantitative estimate of drug-likeness (QED) is 0.0552. The van der Waals surface area contributed by atoms with E-state index in [1.165, 1.54) is 24.3 Å². The largest absolute Gasteiger partial charge is 0.460 e. The number of halogens is 9. The molecule has 0 N–H and O–H groups in total. The number of rotatable bonds is 12. The minimum Gasteiger partial charge on any atom is -0.423 e. The van der Waals surface area contributed by atoms with Gasteiger partial charge in [0.05, 0.1) is 28.3 Å². The van der Waals surface area contributed by atoms with Crippen molar-refractivity contribution in [2.45, 2.75) is 37.8 Å². The minimum atomic E-state index is -7.04. The summed E-state index contributed by atoms with van der Waals surface area (Å²) in [7, 11) is 0. The highest BCUT2D eigenvalue weighted by Crippen LogP contribution is 2.56. The Balaban J connectivity index is 1.20. The molecule has 7 nitrogen and oxygen atoms in total. The molecule has 0 spiro atoms. The zero-order chi connectivity index (χ0) is 38.6. The molecule has 0 atom stereocenters. The van der Waals surface area contributed by atoms with E-state index in [-0.39, 0.29) is 17.9 Å². The van der Waals surface area contributed by atoms with Gasteiger partial charge in [-0.2, -0.15) is 54.9 Å². The zero-order valence-corrected chi connectivity index (χ0v) is 27.8. The number of hydrogen-bond donors (Lipinski definition) is 0. The first-order valence-corrected chi connectivity index (χ1v) is 15.8. The highest BCUT2D eigenvalue weighted by molar-refractivity contribution is 6.01. The van der Waals surface area contributed by atoms with Crippen molar-refractivity contribution in [2.75, 3.05) is 18.0 Å². The molecule has 5 rings (SSSR count). The van der Waals surface area contributed by atoms with E-state index in [9.17, 15) is 44.3 Å². The molecule has 0 aliphatic carbocycles. The van der Waals surface area contributed by atoms with Crippen LogP contribution in [-0.4, -0.2) is 37.1 Å². The Labute approximate surface area is 296 Å². The summed E-state index contributed by atoms with van der Waals surface area (Å²) in [5.41, 5.74) is 0.899. The molecule has 53 heavy (non-hydrogen) atoms. The summed E-state index contributed by atoms with van der Waals surface area (Å²) in [5.74, 6) is -21.0. The van der Waals surface area contributed by atoms with E-state index in [1.54, 1.807) is 24.3 Å². The Morgan fingerprint density at radius 3 is 1.58 bits per heavy atom. The molecule has 0 saturated carbocycles. The number of alkyl halides is 9. The van der Waals surface area contributed by atoms with Gasteiger partial charge >= 0.3 is 29.9 Å². The molecule has 0 aromatic heterocycles. The zero-order valence-electron chi connectivity index (χ0n) is 27.8. The summed E-state index contributed by atoms with van der Waals surface area (Å²) in [5, 5.41) is 19.1. The van der Waals surface area contributed by atoms with E-state index in [4.69, 9.17) is 4.74 Å². The van der Waals surface area contributed by atoms with Crippen LogP contribution in [0.15, 0.2) is 130 Å². The van der Waals surface area contributed by atoms with E-state index >= 15 is 0 Å². The van der Waals surface area contributed by atoms with Crippen LogP contribution in [0.3, 0.4) is 0 Å². The number of carbonyl (C=O) groups excluding carboxylic acids is 1. The smallest absolute Gasteiger partial charge is 0.423 e. The van der Waals surface area contributed by atoms with Crippen LogP contribution in [0.5, 0.6) is 5.75 Å². The summed E-state index contributed by atoms with van der Waals surface area (Å²) in [6.07, 6.45) is -6.95. The molecule has 0 bridgehead atoms. The fourth-order valence-corrected chi connectivity index (χ4v) is 5.13. The van der Waals surface area contributed by atoms with Gasteiger partial charge < -0.3 is 9.64 Å². The van der Waals surface area contributed by atoms with E-state index in [1.807, 2.05) is 30.3 Å². The average Bonchev–Trinajstić information content (AvgIpc) is 3.14. The van der Waals surface area contributed by atoms with E-state index in [2.05, 4.69) is 45.3 Å². The standard InChI is InChI=1S/C37H28F9N5O2/c1-3-51(4-2)32-22-21-31(29-7-5-6-8-30(29)32)50-49-26-15-13-25(14-16-26)47-48-27-17-19-28(20-18-27)53-33(52)23-9-11-24(12-10-23)34(38,39)35(40,41)36(42,43)37(44,45)46/h5-22H,3-4H2,1-2H3. The Bertz CT molecular complexity index is 2120. The Morgan fingerprint density at radius 2 is 1.08 bits per heavy atom. The topological polar surface area (TPSA) is 79.0 Å². The van der Waals surface area contributed by atoms with Crippen LogP contribution in [0.25, 0.3) is 10.8 Å². The van der Waals surface area contributed by atoms with Crippen LogP contribution in [0.4, 0.5) is 68.0 Å². The molecule has 0 amide bonds. The maximum absolute atomic E-state index is 14.2. The molecule has 0 fully saturated rings. The highest BCUT2D eigenvalue weighted by Gasteiger charge is 2.82. The van der Waals surface area contributed by atoms with Crippen molar-refractivity contribution in [2.24, 2.45) is 20.5 Å². The van der Waals surface area contributed by atoms with Crippen molar-refractivity contribution in [3.05, 3.63) is 120 Å². The first kappa shape index (κ1) is 38.4. The lowest BCUT2D eigenvalue weighted by atomic mass is 9.96. The number of azo groups is 2. The first-order chi connectivity index (χ1) is 25.0. The van der Waals surface area contributed by atoms with Gasteiger partial charge in [0.25, 0.3) is 0 Å². The Morgan fingerprint density at radius 1 is 0.585 bits per heavy atom. The summed E-state index contributed by atoms with van der Waals surface area (Å²) >= 11 is 0. The molecule has 0 unspecified atom stereocenters. The third kappa shape index (κ3) is 7.85. The van der Waals surface area contributed by atoms with Crippen LogP contribution in [0.1, 0.15) is 29.8 Å².